The van der Waals surface area contributed by atoms with Crippen LogP contribution in [0, 0.1) is 11.7 Å². The van der Waals surface area contributed by atoms with E-state index in [1.165, 1.54) is 12.1 Å². The van der Waals surface area contributed by atoms with E-state index in [1.807, 2.05) is 12.1 Å². The van der Waals surface area contributed by atoms with Gasteiger partial charge in [0.1, 0.15) is 17.3 Å². The number of likely N-dealkylation sites (tertiary alicyclic amines) is 1. The van der Waals surface area contributed by atoms with Gasteiger partial charge in [-0.05, 0) is 24.6 Å². The number of methoxy groups -OCH3 is 2. The average Bonchev–Trinajstić information content (AvgIpc) is 3.24. The van der Waals surface area contributed by atoms with Crippen LogP contribution in [0.5, 0.6) is 11.5 Å². The van der Waals surface area contributed by atoms with Crippen molar-refractivity contribution in [2.45, 2.75) is 25.7 Å². The molecule has 166 valence electrons. The second kappa shape index (κ2) is 10.3. The first kappa shape index (κ1) is 22.6. The summed E-state index contributed by atoms with van der Waals surface area (Å²) in [6.45, 7) is 3.15. The molecule has 0 saturated carbocycles. The molecule has 0 unspecified atom stereocenters. The van der Waals surface area contributed by atoms with Crippen LogP contribution in [0.1, 0.15) is 41.6 Å². The molecule has 0 aromatic heterocycles. The van der Waals surface area contributed by atoms with E-state index in [2.05, 4.69) is 12.2 Å². The van der Waals surface area contributed by atoms with Crippen molar-refractivity contribution in [2.24, 2.45) is 5.92 Å². The predicted molar refractivity (Wildman–Crippen MR) is 116 cm³/mol. The normalized spacial score (nSPS) is 18.0. The van der Waals surface area contributed by atoms with Gasteiger partial charge in [-0.1, -0.05) is 31.5 Å². The number of rotatable bonds is 8. The Morgan fingerprint density at radius 2 is 1.90 bits per heavy atom. The minimum atomic E-state index is -0.568. The van der Waals surface area contributed by atoms with Crippen LogP contribution in [0.4, 0.5) is 4.39 Å². The van der Waals surface area contributed by atoms with Crippen molar-refractivity contribution >= 4 is 11.8 Å². The van der Waals surface area contributed by atoms with Crippen molar-refractivity contribution < 1.29 is 23.5 Å². The van der Waals surface area contributed by atoms with Crippen molar-refractivity contribution in [3.05, 3.63) is 59.4 Å². The highest BCUT2D eigenvalue weighted by Crippen LogP contribution is 2.39. The molecule has 0 radical (unpaired) electrons. The zero-order valence-corrected chi connectivity index (χ0v) is 18.2. The summed E-state index contributed by atoms with van der Waals surface area (Å²) >= 11 is 0. The van der Waals surface area contributed by atoms with Gasteiger partial charge in [-0.25, -0.2) is 4.39 Å². The average molecular weight is 429 g/mol. The number of benzene rings is 2. The molecule has 1 heterocycles. The third kappa shape index (κ3) is 4.98. The number of hydrogen-bond acceptors (Lipinski definition) is 4. The monoisotopic (exact) mass is 428 g/mol. The number of hydrogen-bond donors (Lipinski definition) is 1. The van der Waals surface area contributed by atoms with E-state index in [-0.39, 0.29) is 23.9 Å². The molecule has 1 saturated heterocycles. The highest BCUT2D eigenvalue weighted by atomic mass is 19.1. The van der Waals surface area contributed by atoms with E-state index < -0.39 is 17.6 Å². The number of ether oxygens (including phenoxy) is 2. The quantitative estimate of drug-likeness (QED) is 0.652. The number of carbonyl (C=O) groups is 2. The fourth-order valence-corrected chi connectivity index (χ4v) is 4.00. The molecule has 1 aliphatic heterocycles. The van der Waals surface area contributed by atoms with Gasteiger partial charge in [-0.3, -0.25) is 9.59 Å². The number of carbonyl (C=O) groups excluding carboxylic acids is 2. The van der Waals surface area contributed by atoms with Gasteiger partial charge in [0.15, 0.2) is 0 Å². The summed E-state index contributed by atoms with van der Waals surface area (Å²) in [5.41, 5.74) is 0.831. The lowest BCUT2D eigenvalue weighted by Gasteiger charge is -2.21. The van der Waals surface area contributed by atoms with Gasteiger partial charge in [0.2, 0.25) is 5.91 Å². The van der Waals surface area contributed by atoms with Crippen molar-refractivity contribution in [1.82, 2.24) is 10.2 Å². The largest absolute Gasteiger partial charge is 0.497 e. The molecule has 2 aromatic carbocycles. The highest BCUT2D eigenvalue weighted by Gasteiger charge is 2.42. The Bertz CT molecular complexity index is 934. The third-order valence-corrected chi connectivity index (χ3v) is 5.72. The summed E-state index contributed by atoms with van der Waals surface area (Å²) in [6, 6.07) is 11.4. The summed E-state index contributed by atoms with van der Waals surface area (Å²) in [4.78, 5) is 27.6. The summed E-state index contributed by atoms with van der Waals surface area (Å²) in [7, 11) is 3.13. The lowest BCUT2D eigenvalue weighted by molar-refractivity contribution is -0.124. The second-order valence-electron chi connectivity index (χ2n) is 7.66. The van der Waals surface area contributed by atoms with Crippen molar-refractivity contribution in [2.75, 3.05) is 33.9 Å². The maximum atomic E-state index is 14.2. The number of nitrogens with zero attached hydrogens (tertiary/aromatic N) is 1. The SMILES string of the molecule is CCCCNC(=O)[C@@H]1CN(C(=O)c2ccccc2F)C[C@H]1c1ccc(OC)cc1OC. The van der Waals surface area contributed by atoms with E-state index in [9.17, 15) is 14.0 Å². The Labute approximate surface area is 182 Å². The molecule has 1 aliphatic rings. The van der Waals surface area contributed by atoms with Gasteiger partial charge in [0, 0.05) is 37.2 Å². The Morgan fingerprint density at radius 3 is 2.58 bits per heavy atom. The molecule has 6 nitrogen and oxygen atoms in total. The van der Waals surface area contributed by atoms with Gasteiger partial charge < -0.3 is 19.7 Å². The molecule has 0 aliphatic carbocycles. The number of unbranched alkanes of at least 4 members (excludes halogenated alkanes) is 1. The standard InChI is InChI=1S/C24H29FN2O4/c1-4-5-12-26-23(28)20-15-27(24(29)18-8-6-7-9-21(18)25)14-19(20)17-11-10-16(30-2)13-22(17)31-3/h6-11,13,19-20H,4-5,12,14-15H2,1-3H3,(H,26,28)/t19-,20+/m0/s1. The summed E-state index contributed by atoms with van der Waals surface area (Å²) in [5.74, 6) is -0.604. The second-order valence-corrected chi connectivity index (χ2v) is 7.66. The lowest BCUT2D eigenvalue weighted by atomic mass is 9.87. The zero-order chi connectivity index (χ0) is 22.4. The minimum Gasteiger partial charge on any atom is -0.497 e. The molecule has 1 fully saturated rings. The molecule has 1 N–H and O–H groups in total. The van der Waals surface area contributed by atoms with Gasteiger partial charge >= 0.3 is 0 Å². The molecule has 2 aromatic rings. The molecular weight excluding hydrogens is 399 g/mol. The molecule has 0 bridgehead atoms. The van der Waals surface area contributed by atoms with Crippen LogP contribution in [-0.4, -0.2) is 50.6 Å². The minimum absolute atomic E-state index is 0.00925. The summed E-state index contributed by atoms with van der Waals surface area (Å²) < 4.78 is 25.0. The maximum Gasteiger partial charge on any atom is 0.256 e. The van der Waals surface area contributed by atoms with Crippen molar-refractivity contribution in [3.63, 3.8) is 0 Å². The molecule has 7 heteroatoms. The Morgan fingerprint density at radius 1 is 1.13 bits per heavy atom. The first-order valence-electron chi connectivity index (χ1n) is 10.5. The summed E-state index contributed by atoms with van der Waals surface area (Å²) in [6.07, 6.45) is 1.85. The topological polar surface area (TPSA) is 67.9 Å². The lowest BCUT2D eigenvalue weighted by Crippen LogP contribution is -2.36. The molecule has 2 amide bonds. The molecule has 3 rings (SSSR count). The number of nitrogens with one attached hydrogen (secondary N) is 1. The van der Waals surface area contributed by atoms with Crippen LogP contribution >= 0.6 is 0 Å². The van der Waals surface area contributed by atoms with Crippen LogP contribution in [0.15, 0.2) is 42.5 Å². The smallest absolute Gasteiger partial charge is 0.256 e. The van der Waals surface area contributed by atoms with E-state index in [0.717, 1.165) is 18.4 Å². The third-order valence-electron chi connectivity index (χ3n) is 5.72. The van der Waals surface area contributed by atoms with Gasteiger partial charge in [-0.15, -0.1) is 0 Å². The highest BCUT2D eigenvalue weighted by molar-refractivity contribution is 5.95. The number of halogens is 1. The fourth-order valence-electron chi connectivity index (χ4n) is 4.00. The van der Waals surface area contributed by atoms with Crippen LogP contribution in [-0.2, 0) is 4.79 Å². The first-order valence-corrected chi connectivity index (χ1v) is 10.5. The Hall–Kier alpha value is -3.09. The van der Waals surface area contributed by atoms with Gasteiger partial charge in [0.25, 0.3) is 5.91 Å². The van der Waals surface area contributed by atoms with E-state index >= 15 is 0 Å². The molecular formula is C24H29FN2O4. The van der Waals surface area contributed by atoms with Crippen molar-refractivity contribution in [3.8, 4) is 11.5 Å². The van der Waals surface area contributed by atoms with Gasteiger partial charge in [-0.2, -0.15) is 0 Å². The summed E-state index contributed by atoms with van der Waals surface area (Å²) in [5, 5.41) is 2.98. The number of amides is 2. The Kier molecular flexibility index (Phi) is 7.50. The van der Waals surface area contributed by atoms with Crippen LogP contribution in [0.2, 0.25) is 0 Å². The van der Waals surface area contributed by atoms with Crippen LogP contribution in [0.3, 0.4) is 0 Å². The fraction of sp³-hybridized carbons (Fsp3) is 0.417. The van der Waals surface area contributed by atoms with E-state index in [0.29, 0.717) is 24.6 Å². The van der Waals surface area contributed by atoms with E-state index in [1.54, 1.807) is 37.3 Å². The molecule has 0 spiro atoms. The maximum absolute atomic E-state index is 14.2. The van der Waals surface area contributed by atoms with Gasteiger partial charge in [0.05, 0.1) is 25.7 Å². The molecule has 31 heavy (non-hydrogen) atoms. The first-order chi connectivity index (χ1) is 15.0. The predicted octanol–water partition coefficient (Wildman–Crippen LogP) is 3.62. The zero-order valence-electron chi connectivity index (χ0n) is 18.2. The van der Waals surface area contributed by atoms with Crippen molar-refractivity contribution in [1.29, 1.82) is 0 Å². The molecule has 2 atom stereocenters. The van der Waals surface area contributed by atoms with Crippen LogP contribution < -0.4 is 14.8 Å². The van der Waals surface area contributed by atoms with Crippen LogP contribution in [0.25, 0.3) is 0 Å². The Balaban J connectivity index is 1.92. The van der Waals surface area contributed by atoms with E-state index in [4.69, 9.17) is 9.47 Å².